The maximum Gasteiger partial charge on any atom is 0.252 e. The maximum atomic E-state index is 9.99. The average Bonchev–Trinajstić information content (AvgIpc) is 2.14. The van der Waals surface area contributed by atoms with Gasteiger partial charge in [0.05, 0.1) is 32.6 Å². The molecule has 0 N–H and O–H groups in total. The van der Waals surface area contributed by atoms with Crippen LogP contribution in [0.2, 0.25) is 0 Å². The van der Waals surface area contributed by atoms with E-state index in [4.69, 9.17) is 1.37 Å². The van der Waals surface area contributed by atoms with E-state index in [1.54, 1.807) is 0 Å². The van der Waals surface area contributed by atoms with Crippen molar-refractivity contribution in [2.75, 3.05) is 14.7 Å². The molecule has 2 fully saturated rings. The van der Waals surface area contributed by atoms with Gasteiger partial charge in [-0.2, -0.15) is 0 Å². The summed E-state index contributed by atoms with van der Waals surface area (Å²) in [5.41, 5.74) is 18.7. The van der Waals surface area contributed by atoms with Crippen LogP contribution in [0, 0.1) is 0 Å². The SMILES string of the molecule is [2H]c1c([2H])c([2H])c2c(c1[2H])N(c1cc3c4c(c1)N1c5c(cc(C(C)(C)C)cc5C5(C)CCCCC15C)B4c1ccc4c(sc5ccc(C(C)(C)C)cc54)c1N3c1ccc(C(C)(C)C)cc1-c1ccccc1)C1(C)CCCCC21C. The second-order valence-corrected chi connectivity index (χ2v) is 28.7. The third-order valence-corrected chi connectivity index (χ3v) is 21.7. The number of rotatable bonds is 3. The molecular formula is C70H76BN3S. The summed E-state index contributed by atoms with van der Waals surface area (Å²) in [7, 11) is 0. The average molecular weight is 1010 g/mol. The maximum absolute atomic E-state index is 9.99. The van der Waals surface area contributed by atoms with Crippen molar-refractivity contribution in [1.29, 1.82) is 0 Å². The summed E-state index contributed by atoms with van der Waals surface area (Å²) in [6, 6.07) is 40.5. The van der Waals surface area contributed by atoms with E-state index in [1.807, 2.05) is 11.3 Å². The molecule has 3 nitrogen and oxygen atoms in total. The molecule has 1 aromatic heterocycles. The van der Waals surface area contributed by atoms with Crippen molar-refractivity contribution >= 4 is 94.4 Å². The molecule has 5 heterocycles. The van der Waals surface area contributed by atoms with Crippen molar-refractivity contribution in [2.45, 2.75) is 180 Å². The highest BCUT2D eigenvalue weighted by molar-refractivity contribution is 7.26. The Kier molecular flexibility index (Phi) is 8.93. The van der Waals surface area contributed by atoms with E-state index >= 15 is 0 Å². The fourth-order valence-corrected chi connectivity index (χ4v) is 17.0. The molecule has 8 aromatic rings. The zero-order valence-corrected chi connectivity index (χ0v) is 47.6. The van der Waals surface area contributed by atoms with Gasteiger partial charge in [0, 0.05) is 60.3 Å². The Morgan fingerprint density at radius 2 is 1.15 bits per heavy atom. The minimum absolute atomic E-state index is 0.0213. The molecule has 0 bridgehead atoms. The number of hydrogen-bond donors (Lipinski definition) is 0. The first-order valence-electron chi connectivity index (χ1n) is 30.3. The summed E-state index contributed by atoms with van der Waals surface area (Å²) in [5, 5.41) is 2.57. The van der Waals surface area contributed by atoms with Gasteiger partial charge >= 0.3 is 0 Å². The molecule has 0 saturated heterocycles. The van der Waals surface area contributed by atoms with Crippen LogP contribution in [-0.2, 0) is 27.1 Å². The van der Waals surface area contributed by atoms with Gasteiger partial charge in [-0.15, -0.1) is 11.3 Å². The molecule has 7 aromatic carbocycles. The van der Waals surface area contributed by atoms with E-state index < -0.39 is 11.0 Å². The summed E-state index contributed by atoms with van der Waals surface area (Å²) in [5.74, 6) is 0. The standard InChI is InChI=1S/C70H76BN3S/c1-64(2,3)44-27-31-55(49(37-44)43-23-15-14-16-24-43)72-57-41-47(73-56-26-18-17-25-51(56)67(10)33-19-21-35-69(67,73)12)42-58-60(57)71(53-30-29-48-50-38-45(65(4,5)6)28-32-59(50)75-63(48)62(53)72)54-40-46(66(7,8)9)39-52-61(54)74(58)70(13)36-22-20-34-68(52,70)11/h14-18,23-32,37-42H,19-22,33-36H2,1-13H3/i17D,18D,25D,26D. The molecule has 2 aliphatic carbocycles. The first-order valence-corrected chi connectivity index (χ1v) is 29.1. The van der Waals surface area contributed by atoms with Crippen LogP contribution >= 0.6 is 11.3 Å². The van der Waals surface area contributed by atoms with Gasteiger partial charge in [-0.1, -0.05) is 187 Å². The molecule has 14 rings (SSSR count). The molecular weight excluding hydrogens is 926 g/mol. The molecule has 4 unspecified atom stereocenters. The number of fused-ring (bicyclic) bond motifs is 14. The third kappa shape index (κ3) is 6.28. The molecule has 0 radical (unpaired) electrons. The Morgan fingerprint density at radius 3 is 1.85 bits per heavy atom. The van der Waals surface area contributed by atoms with Crippen molar-refractivity contribution in [1.82, 2.24) is 0 Å². The van der Waals surface area contributed by atoms with Crippen molar-refractivity contribution in [3.63, 3.8) is 0 Å². The molecule has 6 aliphatic rings. The number of benzene rings is 7. The molecule has 75 heavy (non-hydrogen) atoms. The highest BCUT2D eigenvalue weighted by atomic mass is 32.1. The van der Waals surface area contributed by atoms with Crippen LogP contribution in [0.15, 0.2) is 127 Å². The van der Waals surface area contributed by atoms with Crippen molar-refractivity contribution < 1.29 is 5.48 Å². The van der Waals surface area contributed by atoms with Crippen LogP contribution in [0.4, 0.5) is 39.8 Å². The minimum Gasteiger partial charge on any atom is -0.335 e. The highest BCUT2D eigenvalue weighted by Gasteiger charge is 2.63. The van der Waals surface area contributed by atoms with E-state index in [1.165, 1.54) is 93.4 Å². The van der Waals surface area contributed by atoms with Crippen molar-refractivity contribution in [3.05, 3.63) is 155 Å². The predicted molar refractivity (Wildman–Crippen MR) is 326 cm³/mol. The summed E-state index contributed by atoms with van der Waals surface area (Å²) < 4.78 is 40.8. The fraction of sp³-hybridized carbons (Fsp3) is 0.400. The molecule has 2 saturated carbocycles. The van der Waals surface area contributed by atoms with Crippen molar-refractivity contribution in [2.24, 2.45) is 0 Å². The molecule has 380 valence electrons. The van der Waals surface area contributed by atoms with Crippen LogP contribution in [0.25, 0.3) is 31.3 Å². The molecule has 4 aliphatic heterocycles. The van der Waals surface area contributed by atoms with Gasteiger partial charge in [0.25, 0.3) is 6.71 Å². The van der Waals surface area contributed by atoms with Gasteiger partial charge < -0.3 is 14.7 Å². The number of thiophene rings is 1. The van der Waals surface area contributed by atoms with Gasteiger partial charge in [0.1, 0.15) is 0 Å². The van der Waals surface area contributed by atoms with Gasteiger partial charge in [0.2, 0.25) is 0 Å². The molecule has 4 atom stereocenters. The fourth-order valence-electron chi connectivity index (χ4n) is 15.7. The van der Waals surface area contributed by atoms with Gasteiger partial charge in [-0.3, -0.25) is 0 Å². The lowest BCUT2D eigenvalue weighted by Gasteiger charge is -2.54. The molecule has 0 amide bonds. The van der Waals surface area contributed by atoms with E-state index in [2.05, 4.69) is 208 Å². The summed E-state index contributed by atoms with van der Waals surface area (Å²) in [6.07, 6.45) is 8.28. The number of anilines is 7. The van der Waals surface area contributed by atoms with E-state index in [0.29, 0.717) is 5.69 Å². The van der Waals surface area contributed by atoms with Crippen molar-refractivity contribution in [3.8, 4) is 11.1 Å². The second-order valence-electron chi connectivity index (χ2n) is 27.7. The van der Waals surface area contributed by atoms with E-state index in [-0.39, 0.29) is 58.1 Å². The van der Waals surface area contributed by atoms with Crippen LogP contribution in [-0.4, -0.2) is 17.8 Å². The zero-order valence-electron chi connectivity index (χ0n) is 50.8. The van der Waals surface area contributed by atoms with E-state index in [9.17, 15) is 4.11 Å². The first kappa shape index (κ1) is 43.3. The van der Waals surface area contributed by atoms with Gasteiger partial charge in [-0.25, -0.2) is 0 Å². The van der Waals surface area contributed by atoms with Gasteiger partial charge in [-0.05, 0) is 148 Å². The lowest BCUT2D eigenvalue weighted by atomic mass is 9.33. The quantitative estimate of drug-likeness (QED) is 0.163. The number of hydrogen-bond acceptors (Lipinski definition) is 4. The summed E-state index contributed by atoms with van der Waals surface area (Å²) in [6.45, 7) is 30.8. The zero-order chi connectivity index (χ0) is 55.6. The Hall–Kier alpha value is -5.78. The van der Waals surface area contributed by atoms with Crippen LogP contribution < -0.4 is 31.1 Å². The Labute approximate surface area is 458 Å². The highest BCUT2D eigenvalue weighted by Crippen LogP contribution is 2.65. The van der Waals surface area contributed by atoms with Crippen LogP contribution in [0.5, 0.6) is 0 Å². The monoisotopic (exact) mass is 1010 g/mol. The van der Waals surface area contributed by atoms with Crippen LogP contribution in [0.3, 0.4) is 0 Å². The lowest BCUT2D eigenvalue weighted by molar-refractivity contribution is 0.194. The Bertz CT molecular complexity index is 3970. The Balaban J connectivity index is 1.19. The third-order valence-electron chi connectivity index (χ3n) is 20.5. The van der Waals surface area contributed by atoms with Crippen LogP contribution in [0.1, 0.15) is 175 Å². The predicted octanol–water partition coefficient (Wildman–Crippen LogP) is 17.7. The topological polar surface area (TPSA) is 9.72 Å². The van der Waals surface area contributed by atoms with Gasteiger partial charge in [0.15, 0.2) is 0 Å². The number of nitrogens with zero attached hydrogens (tertiary/aromatic N) is 3. The number of para-hydroxylation sites is 1. The lowest BCUT2D eigenvalue weighted by Crippen LogP contribution is -2.64. The summed E-state index contributed by atoms with van der Waals surface area (Å²) >= 11 is 1.93. The van der Waals surface area contributed by atoms with E-state index in [0.717, 1.165) is 67.6 Å². The molecule has 0 spiro atoms. The smallest absolute Gasteiger partial charge is 0.252 e. The second kappa shape index (κ2) is 15.5. The molecule has 5 heteroatoms. The largest absolute Gasteiger partial charge is 0.335 e. The minimum atomic E-state index is -0.544. The Morgan fingerprint density at radius 1 is 0.520 bits per heavy atom. The first-order chi connectivity index (χ1) is 37.2. The normalized spacial score (nSPS) is 25.3. The summed E-state index contributed by atoms with van der Waals surface area (Å²) in [4.78, 5) is 7.98.